The zero-order valence-corrected chi connectivity index (χ0v) is 13.2. The standard InChI is InChI=1S/C17H14F2N4O2/c1-10-16(17(25)20-14-8-13(19)6-7-15(14)24)21-22-23(10)9-11-2-4-12(18)5-3-11/h2-8,24H,9H2,1H3,(H,20,25). The first-order valence-electron chi connectivity index (χ1n) is 7.38. The lowest BCUT2D eigenvalue weighted by molar-refractivity contribution is 0.102. The average Bonchev–Trinajstić information content (AvgIpc) is 2.94. The van der Waals surface area contributed by atoms with Crippen molar-refractivity contribution in [1.82, 2.24) is 15.0 Å². The number of phenolic OH excluding ortho intramolecular Hbond substituents is 1. The molecule has 2 N–H and O–H groups in total. The van der Waals surface area contributed by atoms with Crippen molar-refractivity contribution in [3.63, 3.8) is 0 Å². The molecule has 1 heterocycles. The van der Waals surface area contributed by atoms with Gasteiger partial charge in [-0.15, -0.1) is 5.10 Å². The first-order valence-corrected chi connectivity index (χ1v) is 7.38. The summed E-state index contributed by atoms with van der Waals surface area (Å²) >= 11 is 0. The van der Waals surface area contributed by atoms with Crippen LogP contribution in [0.2, 0.25) is 0 Å². The molecule has 0 unspecified atom stereocenters. The third kappa shape index (κ3) is 3.63. The molecule has 0 saturated carbocycles. The van der Waals surface area contributed by atoms with Gasteiger partial charge in [-0.25, -0.2) is 13.5 Å². The number of aromatic nitrogens is 3. The van der Waals surface area contributed by atoms with Crippen LogP contribution in [0.25, 0.3) is 0 Å². The van der Waals surface area contributed by atoms with E-state index in [4.69, 9.17) is 0 Å². The molecule has 0 spiro atoms. The summed E-state index contributed by atoms with van der Waals surface area (Å²) in [5.74, 6) is -1.81. The highest BCUT2D eigenvalue weighted by atomic mass is 19.1. The Bertz CT molecular complexity index is 923. The second-order valence-corrected chi connectivity index (χ2v) is 5.42. The molecule has 1 aromatic heterocycles. The molecule has 0 aliphatic rings. The Morgan fingerprint density at radius 1 is 1.16 bits per heavy atom. The van der Waals surface area contributed by atoms with Gasteiger partial charge in [0.2, 0.25) is 0 Å². The molecule has 1 amide bonds. The highest BCUT2D eigenvalue weighted by molar-refractivity contribution is 6.04. The fourth-order valence-electron chi connectivity index (χ4n) is 2.27. The average molecular weight is 344 g/mol. The SMILES string of the molecule is Cc1c(C(=O)Nc2cc(F)ccc2O)nnn1Cc1ccc(F)cc1. The van der Waals surface area contributed by atoms with Crippen LogP contribution in [0, 0.1) is 18.6 Å². The molecule has 0 saturated heterocycles. The summed E-state index contributed by atoms with van der Waals surface area (Å²) in [5, 5.41) is 19.8. The van der Waals surface area contributed by atoms with Crippen molar-refractivity contribution >= 4 is 11.6 Å². The number of carbonyl (C=O) groups is 1. The zero-order valence-electron chi connectivity index (χ0n) is 13.2. The molecule has 0 radical (unpaired) electrons. The lowest BCUT2D eigenvalue weighted by Crippen LogP contribution is -2.14. The summed E-state index contributed by atoms with van der Waals surface area (Å²) in [6, 6.07) is 9.12. The van der Waals surface area contributed by atoms with Crippen molar-refractivity contribution in [2.24, 2.45) is 0 Å². The summed E-state index contributed by atoms with van der Waals surface area (Å²) < 4.78 is 27.7. The monoisotopic (exact) mass is 344 g/mol. The Balaban J connectivity index is 1.79. The summed E-state index contributed by atoms with van der Waals surface area (Å²) in [6.07, 6.45) is 0. The molecule has 0 fully saturated rings. The molecule has 6 nitrogen and oxygen atoms in total. The number of hydrogen-bond donors (Lipinski definition) is 2. The molecule has 3 rings (SSSR count). The van der Waals surface area contributed by atoms with Crippen molar-refractivity contribution in [2.45, 2.75) is 13.5 Å². The van der Waals surface area contributed by atoms with E-state index in [1.165, 1.54) is 16.8 Å². The number of halogens is 2. The minimum Gasteiger partial charge on any atom is -0.506 e. The maximum Gasteiger partial charge on any atom is 0.278 e. The first kappa shape index (κ1) is 16.6. The molecular formula is C17H14F2N4O2. The van der Waals surface area contributed by atoms with E-state index in [0.29, 0.717) is 12.2 Å². The minimum absolute atomic E-state index is 0.0470. The van der Waals surface area contributed by atoms with Gasteiger partial charge in [0, 0.05) is 6.07 Å². The number of benzene rings is 2. The van der Waals surface area contributed by atoms with Gasteiger partial charge in [-0.2, -0.15) is 0 Å². The Hall–Kier alpha value is -3.29. The van der Waals surface area contributed by atoms with Crippen molar-refractivity contribution in [2.75, 3.05) is 5.32 Å². The quantitative estimate of drug-likeness (QED) is 0.713. The highest BCUT2D eigenvalue weighted by Crippen LogP contribution is 2.24. The summed E-state index contributed by atoms with van der Waals surface area (Å²) in [5.41, 5.74) is 1.27. The lowest BCUT2D eigenvalue weighted by atomic mass is 10.2. The number of nitrogens with one attached hydrogen (secondary N) is 1. The maximum absolute atomic E-state index is 13.2. The highest BCUT2D eigenvalue weighted by Gasteiger charge is 2.18. The van der Waals surface area contributed by atoms with E-state index in [9.17, 15) is 18.7 Å². The van der Waals surface area contributed by atoms with Crippen LogP contribution in [-0.4, -0.2) is 26.0 Å². The summed E-state index contributed by atoms with van der Waals surface area (Å²) in [4.78, 5) is 12.3. The molecule has 8 heteroatoms. The molecule has 25 heavy (non-hydrogen) atoms. The third-order valence-corrected chi connectivity index (χ3v) is 3.65. The topological polar surface area (TPSA) is 80.0 Å². The van der Waals surface area contributed by atoms with Crippen LogP contribution in [0.1, 0.15) is 21.7 Å². The molecular weight excluding hydrogens is 330 g/mol. The number of aromatic hydroxyl groups is 1. The summed E-state index contributed by atoms with van der Waals surface area (Å²) in [7, 11) is 0. The van der Waals surface area contributed by atoms with Crippen LogP contribution in [0.15, 0.2) is 42.5 Å². The van der Waals surface area contributed by atoms with Crippen molar-refractivity contribution in [3.8, 4) is 5.75 Å². The van der Waals surface area contributed by atoms with E-state index in [1.807, 2.05) is 0 Å². The fourth-order valence-corrected chi connectivity index (χ4v) is 2.27. The van der Waals surface area contributed by atoms with E-state index < -0.39 is 11.7 Å². The predicted molar refractivity (Wildman–Crippen MR) is 86.3 cm³/mol. The minimum atomic E-state index is -0.622. The Labute approximate surface area is 141 Å². The number of phenols is 1. The van der Waals surface area contributed by atoms with Gasteiger partial charge in [-0.05, 0) is 36.8 Å². The molecule has 0 aliphatic heterocycles. The van der Waals surface area contributed by atoms with Crippen LogP contribution < -0.4 is 5.32 Å². The number of amides is 1. The largest absolute Gasteiger partial charge is 0.506 e. The van der Waals surface area contributed by atoms with Gasteiger partial charge in [0.15, 0.2) is 5.69 Å². The second-order valence-electron chi connectivity index (χ2n) is 5.42. The van der Waals surface area contributed by atoms with Crippen molar-refractivity contribution < 1.29 is 18.7 Å². The van der Waals surface area contributed by atoms with Gasteiger partial charge in [0.1, 0.15) is 17.4 Å². The van der Waals surface area contributed by atoms with Crippen LogP contribution >= 0.6 is 0 Å². The smallest absolute Gasteiger partial charge is 0.278 e. The van der Waals surface area contributed by atoms with Gasteiger partial charge >= 0.3 is 0 Å². The van der Waals surface area contributed by atoms with Gasteiger partial charge < -0.3 is 10.4 Å². The number of rotatable bonds is 4. The number of hydrogen-bond acceptors (Lipinski definition) is 4. The number of carbonyl (C=O) groups excluding carboxylic acids is 1. The van der Waals surface area contributed by atoms with Crippen molar-refractivity contribution in [1.29, 1.82) is 0 Å². The van der Waals surface area contributed by atoms with E-state index in [1.54, 1.807) is 19.1 Å². The predicted octanol–water partition coefficient (Wildman–Crippen LogP) is 2.87. The van der Waals surface area contributed by atoms with E-state index in [-0.39, 0.29) is 22.9 Å². The molecule has 0 bridgehead atoms. The summed E-state index contributed by atoms with van der Waals surface area (Å²) in [6.45, 7) is 1.97. The van der Waals surface area contributed by atoms with Crippen LogP contribution in [0.3, 0.4) is 0 Å². The van der Waals surface area contributed by atoms with Crippen LogP contribution in [-0.2, 0) is 6.54 Å². The second kappa shape index (κ2) is 6.68. The zero-order chi connectivity index (χ0) is 18.0. The molecule has 3 aromatic rings. The normalized spacial score (nSPS) is 10.7. The van der Waals surface area contributed by atoms with E-state index >= 15 is 0 Å². The van der Waals surface area contributed by atoms with Gasteiger partial charge in [-0.3, -0.25) is 4.79 Å². The Morgan fingerprint density at radius 2 is 1.84 bits per heavy atom. The third-order valence-electron chi connectivity index (χ3n) is 3.65. The van der Waals surface area contributed by atoms with Gasteiger partial charge in [0.05, 0.1) is 17.9 Å². The lowest BCUT2D eigenvalue weighted by Gasteiger charge is -2.07. The maximum atomic E-state index is 13.2. The van der Waals surface area contributed by atoms with Gasteiger partial charge in [-0.1, -0.05) is 17.3 Å². The molecule has 2 aromatic carbocycles. The Morgan fingerprint density at radius 3 is 2.56 bits per heavy atom. The van der Waals surface area contributed by atoms with E-state index in [0.717, 1.165) is 23.8 Å². The van der Waals surface area contributed by atoms with Crippen LogP contribution in [0.4, 0.5) is 14.5 Å². The van der Waals surface area contributed by atoms with E-state index in [2.05, 4.69) is 15.6 Å². The molecule has 0 aliphatic carbocycles. The molecule has 0 atom stereocenters. The number of nitrogens with zero attached hydrogens (tertiary/aromatic N) is 3. The Kier molecular flexibility index (Phi) is 4.42. The number of anilines is 1. The molecule has 128 valence electrons. The van der Waals surface area contributed by atoms with Crippen LogP contribution in [0.5, 0.6) is 5.75 Å². The fraction of sp³-hybridized carbons (Fsp3) is 0.118. The first-order chi connectivity index (χ1) is 11.9. The van der Waals surface area contributed by atoms with Crippen molar-refractivity contribution in [3.05, 3.63) is 71.1 Å². The van der Waals surface area contributed by atoms with Gasteiger partial charge in [0.25, 0.3) is 5.91 Å².